The van der Waals surface area contributed by atoms with Crippen molar-refractivity contribution < 1.29 is 64.8 Å². The molecule has 0 atom stereocenters. The zero-order valence-corrected chi connectivity index (χ0v) is 19.5. The number of sulfonamides is 3. The fraction of sp³-hybridized carbons (Fsp3) is 0.333. The maximum absolute atomic E-state index is 13.7. The average Bonchev–Trinajstić information content (AvgIpc) is 3.15. The molecule has 0 unspecified atom stereocenters. The van der Waals surface area contributed by atoms with Crippen molar-refractivity contribution in [2.45, 2.75) is 32.5 Å². The molecule has 4 N–H and O–H groups in total. The summed E-state index contributed by atoms with van der Waals surface area (Å²) in [6.45, 7) is 0. The molecular formula is C12H8F9N5O6S4. The van der Waals surface area contributed by atoms with Gasteiger partial charge in [0.05, 0.1) is 4.90 Å². The number of primary sulfonamides is 1. The Morgan fingerprint density at radius 2 is 1.25 bits per heavy atom. The first-order valence-corrected chi connectivity index (χ1v) is 13.4. The largest absolute Gasteiger partial charge is 0.460 e. The summed E-state index contributed by atoms with van der Waals surface area (Å²) in [5.74, 6) is -14.9. The van der Waals surface area contributed by atoms with E-state index in [1.807, 2.05) is 0 Å². The highest BCUT2D eigenvalue weighted by atomic mass is 32.2. The topological polar surface area (TPSA) is 178 Å². The van der Waals surface area contributed by atoms with E-state index in [-0.39, 0.29) is 11.3 Å². The van der Waals surface area contributed by atoms with Crippen molar-refractivity contribution in [1.29, 1.82) is 0 Å². The van der Waals surface area contributed by atoms with E-state index in [4.69, 9.17) is 5.14 Å². The van der Waals surface area contributed by atoms with E-state index in [0.717, 1.165) is 0 Å². The predicted octanol–water partition coefficient (Wildman–Crippen LogP) is 2.15. The molecule has 0 spiro atoms. The molecule has 0 bridgehead atoms. The van der Waals surface area contributed by atoms with Crippen LogP contribution in [0.3, 0.4) is 0 Å². The van der Waals surface area contributed by atoms with Gasteiger partial charge in [-0.25, -0.2) is 22.0 Å². The van der Waals surface area contributed by atoms with Gasteiger partial charge in [0.15, 0.2) is 0 Å². The molecule has 0 aliphatic heterocycles. The molecule has 204 valence electrons. The van der Waals surface area contributed by atoms with E-state index in [0.29, 0.717) is 29.0 Å². The van der Waals surface area contributed by atoms with Gasteiger partial charge in [-0.3, -0.25) is 9.44 Å². The highest BCUT2D eigenvalue weighted by molar-refractivity contribution is 7.94. The lowest BCUT2D eigenvalue weighted by Crippen LogP contribution is -2.64. The first kappa shape index (κ1) is 29.8. The molecule has 0 aliphatic carbocycles. The van der Waals surface area contributed by atoms with Crippen LogP contribution in [0.4, 0.5) is 50.3 Å². The Kier molecular flexibility index (Phi) is 7.32. The number of benzene rings is 1. The number of rotatable bonds is 9. The molecule has 0 amide bonds. The number of anilines is 2. The minimum Gasteiger partial charge on any atom is -0.278 e. The van der Waals surface area contributed by atoms with Crippen molar-refractivity contribution in [3.8, 4) is 0 Å². The average molecular weight is 617 g/mol. The smallest absolute Gasteiger partial charge is 0.278 e. The van der Waals surface area contributed by atoms with E-state index in [1.165, 1.54) is 0 Å². The van der Waals surface area contributed by atoms with Crippen LogP contribution >= 0.6 is 11.3 Å². The first-order chi connectivity index (χ1) is 15.9. The molecule has 1 heterocycles. The molecule has 1 aromatic heterocycles. The van der Waals surface area contributed by atoms with E-state index in [1.54, 1.807) is 4.72 Å². The van der Waals surface area contributed by atoms with E-state index in [9.17, 15) is 64.8 Å². The summed E-state index contributed by atoms with van der Waals surface area (Å²) in [4.78, 5) is -0.793. The highest BCUT2D eigenvalue weighted by Crippen LogP contribution is 2.54. The quantitative estimate of drug-likeness (QED) is 0.358. The molecule has 2 rings (SSSR count). The van der Waals surface area contributed by atoms with Crippen LogP contribution in [-0.4, -0.2) is 58.7 Å². The predicted molar refractivity (Wildman–Crippen MR) is 102 cm³/mol. The highest BCUT2D eigenvalue weighted by Gasteiger charge is 2.85. The Balaban J connectivity index is 2.30. The minimum absolute atomic E-state index is 0.168. The van der Waals surface area contributed by atoms with Gasteiger partial charge in [0.1, 0.15) is 0 Å². The molecule has 11 nitrogen and oxygen atoms in total. The lowest BCUT2D eigenvalue weighted by Gasteiger charge is -2.33. The monoisotopic (exact) mass is 617 g/mol. The van der Waals surface area contributed by atoms with Crippen LogP contribution in [0.2, 0.25) is 0 Å². The second kappa shape index (κ2) is 8.84. The molecule has 0 saturated heterocycles. The van der Waals surface area contributed by atoms with Crippen molar-refractivity contribution in [2.75, 3.05) is 9.44 Å². The number of alkyl halides is 9. The Bertz CT molecular complexity index is 1460. The third-order valence-corrected chi connectivity index (χ3v) is 8.81. The molecule has 2 aromatic rings. The SMILES string of the molecule is NS(=O)(=O)c1nnc(NS(=O)(=O)c2ccc(NS(=O)(=O)C(F)(F)C(F)(F)C(F)(F)C(F)(F)F)cc2)s1. The van der Waals surface area contributed by atoms with Gasteiger partial charge in [-0.1, -0.05) is 11.3 Å². The summed E-state index contributed by atoms with van der Waals surface area (Å²) in [5.41, 5.74) is -1.15. The van der Waals surface area contributed by atoms with E-state index in [2.05, 4.69) is 10.2 Å². The Morgan fingerprint density at radius 1 is 0.750 bits per heavy atom. The number of hydrogen-bond acceptors (Lipinski definition) is 9. The van der Waals surface area contributed by atoms with Gasteiger partial charge < -0.3 is 0 Å². The molecule has 1 aromatic carbocycles. The van der Waals surface area contributed by atoms with Crippen LogP contribution in [-0.2, 0) is 30.1 Å². The normalized spacial score (nSPS) is 14.5. The zero-order chi connectivity index (χ0) is 28.2. The first-order valence-electron chi connectivity index (χ1n) is 8.08. The van der Waals surface area contributed by atoms with Gasteiger partial charge in [-0.05, 0) is 24.3 Å². The molecule has 0 saturated carbocycles. The van der Waals surface area contributed by atoms with Gasteiger partial charge in [0.2, 0.25) is 9.47 Å². The molecular weight excluding hydrogens is 609 g/mol. The van der Waals surface area contributed by atoms with Crippen LogP contribution in [0.15, 0.2) is 33.5 Å². The fourth-order valence-corrected chi connectivity index (χ4v) is 5.59. The molecule has 0 radical (unpaired) electrons. The van der Waals surface area contributed by atoms with E-state index < -0.39 is 73.4 Å². The second-order valence-corrected chi connectivity index (χ2v) is 12.4. The zero-order valence-electron chi connectivity index (χ0n) is 16.3. The summed E-state index contributed by atoms with van der Waals surface area (Å²) in [6.07, 6.45) is -7.25. The van der Waals surface area contributed by atoms with Crippen LogP contribution in [0.1, 0.15) is 0 Å². The molecule has 0 aliphatic rings. The van der Waals surface area contributed by atoms with Crippen molar-refractivity contribution in [3.05, 3.63) is 24.3 Å². The standard InChI is InChI=1S/C12H8F9N5O6S4/c13-9(14,11(17,18)19)10(15,16)12(20,21)36(31,32)25-5-1-3-6(4-2-5)35(29,30)26-7-23-24-8(33-7)34(22,27)28/h1-4,25H,(H,23,26)(H2,22,27,28). The van der Waals surface area contributed by atoms with Crippen molar-refractivity contribution in [3.63, 3.8) is 0 Å². The van der Waals surface area contributed by atoms with Gasteiger partial charge in [-0.15, -0.1) is 10.2 Å². The second-order valence-electron chi connectivity index (χ2n) is 6.32. The maximum atomic E-state index is 13.7. The summed E-state index contributed by atoms with van der Waals surface area (Å²) < 4.78 is 188. The number of halogens is 9. The van der Waals surface area contributed by atoms with Crippen molar-refractivity contribution >= 4 is 52.2 Å². The van der Waals surface area contributed by atoms with Crippen LogP contribution in [0, 0.1) is 0 Å². The van der Waals surface area contributed by atoms with Crippen molar-refractivity contribution in [1.82, 2.24) is 10.2 Å². The summed E-state index contributed by atoms with van der Waals surface area (Å²) in [7, 11) is -16.0. The van der Waals surface area contributed by atoms with Gasteiger partial charge in [0.25, 0.3) is 20.0 Å². The number of nitrogens with one attached hydrogen (secondary N) is 2. The number of aromatic nitrogens is 2. The summed E-state index contributed by atoms with van der Waals surface area (Å²) in [6, 6.07) is 1.61. The number of hydrogen-bond donors (Lipinski definition) is 3. The summed E-state index contributed by atoms with van der Waals surface area (Å²) in [5, 5.41) is 3.39. The third-order valence-electron chi connectivity index (χ3n) is 3.74. The van der Waals surface area contributed by atoms with Gasteiger partial charge >= 0.3 is 33.3 Å². The third kappa shape index (κ3) is 5.30. The van der Waals surface area contributed by atoms with Crippen molar-refractivity contribution in [2.24, 2.45) is 5.14 Å². The summed E-state index contributed by atoms with van der Waals surface area (Å²) >= 11 is 0.168. The lowest BCUT2D eigenvalue weighted by molar-refractivity contribution is -0.382. The van der Waals surface area contributed by atoms with Gasteiger partial charge in [0, 0.05) is 5.69 Å². The minimum atomic E-state index is -7.46. The Morgan fingerprint density at radius 3 is 1.67 bits per heavy atom. The fourth-order valence-electron chi connectivity index (χ4n) is 1.99. The Hall–Kier alpha value is -2.44. The van der Waals surface area contributed by atoms with Crippen LogP contribution < -0.4 is 14.6 Å². The molecule has 0 fully saturated rings. The molecule has 36 heavy (non-hydrogen) atoms. The molecule has 24 heteroatoms. The van der Waals surface area contributed by atoms with Gasteiger partial charge in [-0.2, -0.15) is 47.9 Å². The van der Waals surface area contributed by atoms with E-state index >= 15 is 0 Å². The Labute approximate surface area is 198 Å². The lowest BCUT2D eigenvalue weighted by atomic mass is 10.1. The number of nitrogens with two attached hydrogens (primary N) is 1. The maximum Gasteiger partial charge on any atom is 0.460 e. The van der Waals surface area contributed by atoms with Crippen LogP contribution in [0.25, 0.3) is 0 Å². The van der Waals surface area contributed by atoms with Crippen LogP contribution in [0.5, 0.6) is 0 Å². The number of nitrogens with zero attached hydrogens (tertiary/aromatic N) is 2.